The molecule has 0 unspecified atom stereocenters. The van der Waals surface area contributed by atoms with Crippen LogP contribution >= 0.6 is 0 Å². The maximum Gasteiger partial charge on any atom is 0.330 e. The lowest BCUT2D eigenvalue weighted by molar-refractivity contribution is -0.137. The molecule has 0 fully saturated rings. The van der Waals surface area contributed by atoms with E-state index in [1.807, 2.05) is 0 Å². The summed E-state index contributed by atoms with van der Waals surface area (Å²) in [5.74, 6) is -0.364. The molecule has 0 heterocycles. The van der Waals surface area contributed by atoms with Crippen molar-refractivity contribution in [2.45, 2.75) is 26.2 Å². The summed E-state index contributed by atoms with van der Waals surface area (Å²) in [6.07, 6.45) is 4.15. The number of carbonyl (C=O) groups is 1. The molecule has 2 nitrogen and oxygen atoms in total. The van der Waals surface area contributed by atoms with Crippen LogP contribution in [0.15, 0.2) is 49.1 Å². The lowest BCUT2D eigenvalue weighted by Crippen LogP contribution is -2.05. The predicted molar refractivity (Wildman–Crippen MR) is 82.8 cm³/mol. The van der Waals surface area contributed by atoms with Crippen LogP contribution in [0.1, 0.15) is 24.5 Å². The van der Waals surface area contributed by atoms with Gasteiger partial charge in [0, 0.05) is 12.5 Å². The second kappa shape index (κ2) is 6.90. The summed E-state index contributed by atoms with van der Waals surface area (Å²) in [6.45, 7) is 5.98. The van der Waals surface area contributed by atoms with Gasteiger partial charge >= 0.3 is 5.97 Å². The third-order valence-electron chi connectivity index (χ3n) is 3.41. The molecule has 0 atom stereocenters. The Morgan fingerprint density at radius 1 is 1.10 bits per heavy atom. The number of carbonyl (C=O) groups excluding carboxylic acids is 1. The average Bonchev–Trinajstić information content (AvgIpc) is 2.49. The molecule has 0 saturated heterocycles. The first-order chi connectivity index (χ1) is 9.76. The van der Waals surface area contributed by atoms with E-state index in [2.05, 4.69) is 49.9 Å². The molecule has 0 aliphatic heterocycles. The highest BCUT2D eigenvalue weighted by Crippen LogP contribution is 2.24. The number of hydrogen-bond donors (Lipinski definition) is 0. The molecule has 2 aromatic carbocycles. The van der Waals surface area contributed by atoms with Gasteiger partial charge in [0.1, 0.15) is 0 Å². The van der Waals surface area contributed by atoms with Crippen molar-refractivity contribution in [1.29, 1.82) is 0 Å². The Morgan fingerprint density at radius 3 is 2.25 bits per heavy atom. The van der Waals surface area contributed by atoms with Crippen molar-refractivity contribution >= 4 is 16.7 Å². The number of esters is 1. The number of rotatable bonds is 6. The van der Waals surface area contributed by atoms with Crippen LogP contribution in [0.5, 0.6) is 0 Å². The number of ether oxygens (including phenoxy) is 1. The van der Waals surface area contributed by atoms with Crippen molar-refractivity contribution in [1.82, 2.24) is 0 Å². The highest BCUT2D eigenvalue weighted by atomic mass is 16.5. The molecule has 0 aromatic heterocycles. The zero-order valence-corrected chi connectivity index (χ0v) is 11.9. The molecule has 0 aliphatic rings. The topological polar surface area (TPSA) is 26.3 Å². The molecule has 0 spiro atoms. The first kappa shape index (κ1) is 14.3. The van der Waals surface area contributed by atoms with E-state index in [0.717, 1.165) is 19.3 Å². The van der Waals surface area contributed by atoms with Crippen LogP contribution in [0, 0.1) is 0 Å². The molecule has 2 aromatic rings. The quantitative estimate of drug-likeness (QED) is 0.583. The number of benzene rings is 2. The van der Waals surface area contributed by atoms with Crippen LogP contribution in [-0.2, 0) is 22.4 Å². The minimum absolute atomic E-state index is 0.364. The first-order valence-electron chi connectivity index (χ1n) is 7.05. The van der Waals surface area contributed by atoms with Crippen molar-refractivity contribution in [3.8, 4) is 0 Å². The third-order valence-corrected chi connectivity index (χ3v) is 3.41. The van der Waals surface area contributed by atoms with E-state index < -0.39 is 0 Å². The SMILES string of the molecule is C=CC(=O)OCCc1ccc(CCC)c2ccccc12. The van der Waals surface area contributed by atoms with E-state index in [9.17, 15) is 4.79 Å². The minimum atomic E-state index is -0.364. The van der Waals surface area contributed by atoms with Crippen LogP contribution in [0.2, 0.25) is 0 Å². The molecule has 0 saturated carbocycles. The monoisotopic (exact) mass is 268 g/mol. The summed E-state index contributed by atoms with van der Waals surface area (Å²) >= 11 is 0. The van der Waals surface area contributed by atoms with Crippen molar-refractivity contribution < 1.29 is 9.53 Å². The smallest absolute Gasteiger partial charge is 0.330 e. The summed E-state index contributed by atoms with van der Waals surface area (Å²) in [6, 6.07) is 12.8. The lowest BCUT2D eigenvalue weighted by atomic mass is 9.96. The van der Waals surface area contributed by atoms with Crippen LogP contribution in [0.25, 0.3) is 10.8 Å². The summed E-state index contributed by atoms with van der Waals surface area (Å²) in [4.78, 5) is 11.1. The Labute approximate surface area is 120 Å². The van der Waals surface area contributed by atoms with E-state index in [1.54, 1.807) is 0 Å². The van der Waals surface area contributed by atoms with Gasteiger partial charge in [-0.05, 0) is 28.3 Å². The largest absolute Gasteiger partial charge is 0.462 e. The van der Waals surface area contributed by atoms with E-state index in [-0.39, 0.29) is 5.97 Å². The van der Waals surface area contributed by atoms with Crippen molar-refractivity contribution in [2.75, 3.05) is 6.61 Å². The number of hydrogen-bond acceptors (Lipinski definition) is 2. The van der Waals surface area contributed by atoms with Gasteiger partial charge < -0.3 is 4.74 Å². The summed E-state index contributed by atoms with van der Waals surface area (Å²) in [7, 11) is 0. The summed E-state index contributed by atoms with van der Waals surface area (Å²) in [5, 5.41) is 2.56. The fourth-order valence-electron chi connectivity index (χ4n) is 2.45. The van der Waals surface area contributed by atoms with Crippen LogP contribution < -0.4 is 0 Å². The molecule has 2 heteroatoms. The first-order valence-corrected chi connectivity index (χ1v) is 7.05. The Balaban J connectivity index is 2.24. The Kier molecular flexibility index (Phi) is 4.94. The Morgan fingerprint density at radius 2 is 1.70 bits per heavy atom. The van der Waals surface area contributed by atoms with Gasteiger partial charge in [-0.1, -0.05) is 56.3 Å². The molecule has 20 heavy (non-hydrogen) atoms. The zero-order chi connectivity index (χ0) is 14.4. The number of aryl methyl sites for hydroxylation is 1. The molecule has 0 radical (unpaired) electrons. The maximum absolute atomic E-state index is 11.1. The fourth-order valence-corrected chi connectivity index (χ4v) is 2.45. The predicted octanol–water partition coefficient (Wildman–Crippen LogP) is 4.06. The van der Waals surface area contributed by atoms with Crippen LogP contribution in [-0.4, -0.2) is 12.6 Å². The van der Waals surface area contributed by atoms with E-state index in [4.69, 9.17) is 4.74 Å². The van der Waals surface area contributed by atoms with Crippen LogP contribution in [0.4, 0.5) is 0 Å². The van der Waals surface area contributed by atoms with E-state index >= 15 is 0 Å². The zero-order valence-electron chi connectivity index (χ0n) is 11.9. The van der Waals surface area contributed by atoms with Gasteiger partial charge in [-0.25, -0.2) is 4.79 Å². The van der Waals surface area contributed by atoms with Crippen LogP contribution in [0.3, 0.4) is 0 Å². The molecule has 104 valence electrons. The average molecular weight is 268 g/mol. The second-order valence-corrected chi connectivity index (χ2v) is 4.80. The van der Waals surface area contributed by atoms with E-state index in [0.29, 0.717) is 6.61 Å². The van der Waals surface area contributed by atoms with Gasteiger partial charge in [0.25, 0.3) is 0 Å². The molecule has 0 bridgehead atoms. The van der Waals surface area contributed by atoms with Gasteiger partial charge in [-0.15, -0.1) is 0 Å². The van der Waals surface area contributed by atoms with Gasteiger partial charge in [-0.2, -0.15) is 0 Å². The highest BCUT2D eigenvalue weighted by Gasteiger charge is 2.06. The Bertz CT molecular complexity index is 614. The third kappa shape index (κ3) is 3.27. The van der Waals surface area contributed by atoms with Gasteiger partial charge in [0.05, 0.1) is 6.61 Å². The molecule has 0 aliphatic carbocycles. The minimum Gasteiger partial charge on any atom is -0.462 e. The molecular formula is C18H20O2. The highest BCUT2D eigenvalue weighted by molar-refractivity contribution is 5.88. The summed E-state index contributed by atoms with van der Waals surface area (Å²) in [5.41, 5.74) is 2.60. The van der Waals surface area contributed by atoms with Gasteiger partial charge in [-0.3, -0.25) is 0 Å². The van der Waals surface area contributed by atoms with Crippen molar-refractivity contribution in [2.24, 2.45) is 0 Å². The van der Waals surface area contributed by atoms with Gasteiger partial charge in [0.2, 0.25) is 0 Å². The van der Waals surface area contributed by atoms with Crippen molar-refractivity contribution in [3.63, 3.8) is 0 Å². The Hall–Kier alpha value is -2.09. The molecular weight excluding hydrogens is 248 g/mol. The second-order valence-electron chi connectivity index (χ2n) is 4.80. The van der Waals surface area contributed by atoms with E-state index in [1.165, 1.54) is 28.0 Å². The fraction of sp³-hybridized carbons (Fsp3) is 0.278. The molecule has 0 N–H and O–H groups in total. The maximum atomic E-state index is 11.1. The van der Waals surface area contributed by atoms with Gasteiger partial charge in [0.15, 0.2) is 0 Å². The molecule has 2 rings (SSSR count). The number of fused-ring (bicyclic) bond motifs is 1. The van der Waals surface area contributed by atoms with Crippen molar-refractivity contribution in [3.05, 3.63) is 60.2 Å². The summed E-state index contributed by atoms with van der Waals surface area (Å²) < 4.78 is 5.06. The normalized spacial score (nSPS) is 10.4. The standard InChI is InChI=1S/C18H20O2/c1-3-7-14-10-11-15(12-13-20-18(19)4-2)17-9-6-5-8-16(14)17/h4-6,8-11H,2-3,7,12-13H2,1H3. The molecule has 0 amide bonds. The lowest BCUT2D eigenvalue weighted by Gasteiger charge is -2.11.